The number of oxazole rings is 1. The average molecular weight is 534 g/mol. The smallest absolute Gasteiger partial charge is 0.250 e. The van der Waals surface area contributed by atoms with Crippen molar-refractivity contribution in [1.82, 2.24) is 4.98 Å². The molecule has 0 amide bonds. The molecule has 0 aliphatic heterocycles. The molecule has 0 aliphatic carbocycles. The third-order valence-corrected chi connectivity index (χ3v) is 11.9. The number of hydrogen-bond donors (Lipinski definition) is 0. The van der Waals surface area contributed by atoms with Crippen LogP contribution in [0.2, 0.25) is 18.1 Å². The van der Waals surface area contributed by atoms with E-state index in [1.165, 1.54) is 0 Å². The minimum absolute atomic E-state index is 0. The van der Waals surface area contributed by atoms with Crippen molar-refractivity contribution in [2.75, 3.05) is 0 Å². The zero-order chi connectivity index (χ0) is 26.9. The number of aryl methyl sites for hydroxylation is 1. The normalized spacial score (nSPS) is 11.6. The first-order valence-corrected chi connectivity index (χ1v) is 16.1. The SMILES string of the molecule is C.Cc1cccc(-c2nc(-c3ccccc3)c(-c3ccccc3)o2)c1-c1cccc(O[Si](C)(C)C(C)(C)C)c1. The van der Waals surface area contributed by atoms with E-state index in [0.29, 0.717) is 5.89 Å². The Labute approximate surface area is 234 Å². The quantitative estimate of drug-likeness (QED) is 0.204. The van der Waals surface area contributed by atoms with Crippen LogP contribution in [0.4, 0.5) is 0 Å². The lowest BCUT2D eigenvalue weighted by Gasteiger charge is -2.36. The van der Waals surface area contributed by atoms with Crippen LogP contribution in [0.5, 0.6) is 5.75 Å². The Hall–Kier alpha value is -3.89. The first kappa shape index (κ1) is 28.1. The van der Waals surface area contributed by atoms with Gasteiger partial charge in [0.1, 0.15) is 11.4 Å². The zero-order valence-corrected chi connectivity index (χ0v) is 24.1. The molecule has 0 bridgehead atoms. The van der Waals surface area contributed by atoms with Crippen molar-refractivity contribution in [2.24, 2.45) is 0 Å². The molecule has 0 aliphatic rings. The predicted octanol–water partition coefficient (Wildman–Crippen LogP) is 10.7. The van der Waals surface area contributed by atoms with Crippen molar-refractivity contribution >= 4 is 8.32 Å². The van der Waals surface area contributed by atoms with Crippen LogP contribution in [0.15, 0.2) is 108 Å². The van der Waals surface area contributed by atoms with Crippen LogP contribution >= 0.6 is 0 Å². The first-order chi connectivity index (χ1) is 18.1. The van der Waals surface area contributed by atoms with Gasteiger partial charge in [-0.1, -0.05) is 113 Å². The molecule has 5 aromatic rings. The lowest BCUT2D eigenvalue weighted by atomic mass is 9.95. The summed E-state index contributed by atoms with van der Waals surface area (Å²) < 4.78 is 13.2. The second kappa shape index (κ2) is 11.1. The number of nitrogens with zero attached hydrogens (tertiary/aromatic N) is 1. The van der Waals surface area contributed by atoms with Gasteiger partial charge in [-0.3, -0.25) is 0 Å². The summed E-state index contributed by atoms with van der Waals surface area (Å²) >= 11 is 0. The van der Waals surface area contributed by atoms with Gasteiger partial charge < -0.3 is 8.84 Å². The minimum atomic E-state index is -1.97. The van der Waals surface area contributed by atoms with Gasteiger partial charge in [-0.05, 0) is 59.9 Å². The molecule has 4 aromatic carbocycles. The molecule has 0 unspecified atom stereocenters. The van der Waals surface area contributed by atoms with E-state index in [4.69, 9.17) is 13.8 Å². The molecule has 0 radical (unpaired) electrons. The van der Waals surface area contributed by atoms with Crippen LogP contribution in [0.3, 0.4) is 0 Å². The van der Waals surface area contributed by atoms with Gasteiger partial charge in [0.2, 0.25) is 14.2 Å². The second-order valence-electron chi connectivity index (χ2n) is 11.3. The predicted molar refractivity (Wildman–Crippen MR) is 168 cm³/mol. The Bertz CT molecular complexity index is 1490. The molecule has 5 rings (SSSR count). The molecule has 3 nitrogen and oxygen atoms in total. The number of benzene rings is 4. The van der Waals surface area contributed by atoms with Gasteiger partial charge in [0, 0.05) is 16.7 Å². The van der Waals surface area contributed by atoms with E-state index >= 15 is 0 Å². The Morgan fingerprint density at radius 1 is 0.718 bits per heavy atom. The summed E-state index contributed by atoms with van der Waals surface area (Å²) in [6.07, 6.45) is 0. The van der Waals surface area contributed by atoms with Crippen molar-refractivity contribution in [3.63, 3.8) is 0 Å². The van der Waals surface area contributed by atoms with Gasteiger partial charge >= 0.3 is 0 Å². The van der Waals surface area contributed by atoms with Crippen LogP contribution < -0.4 is 4.43 Å². The molecule has 39 heavy (non-hydrogen) atoms. The van der Waals surface area contributed by atoms with Gasteiger partial charge in [-0.15, -0.1) is 0 Å². The van der Waals surface area contributed by atoms with E-state index in [-0.39, 0.29) is 12.5 Å². The van der Waals surface area contributed by atoms with Crippen molar-refractivity contribution in [3.8, 4) is 50.9 Å². The van der Waals surface area contributed by atoms with Crippen LogP contribution in [0.25, 0.3) is 45.2 Å². The monoisotopic (exact) mass is 533 g/mol. The molecule has 4 heteroatoms. The highest BCUT2D eigenvalue weighted by Crippen LogP contribution is 2.42. The van der Waals surface area contributed by atoms with E-state index in [1.54, 1.807) is 0 Å². The van der Waals surface area contributed by atoms with E-state index in [1.807, 2.05) is 36.4 Å². The largest absolute Gasteiger partial charge is 0.543 e. The molecule has 200 valence electrons. The average Bonchev–Trinajstić information content (AvgIpc) is 3.34. The Balaban J connectivity index is 0.00000353. The van der Waals surface area contributed by atoms with Gasteiger partial charge in [0.25, 0.3) is 0 Å². The molecule has 0 spiro atoms. The standard InChI is InChI=1S/C34H35NO2Si.CH4/c1-24-15-13-22-29(30(24)27-20-14-21-28(23-27)37-38(5,6)34(2,3)4)33-35-31(25-16-9-7-10-17-25)32(36-33)26-18-11-8-12-19-26;/h7-23H,1-6H3;1H4. The third-order valence-electron chi connectivity index (χ3n) is 7.52. The molecule has 0 atom stereocenters. The summed E-state index contributed by atoms with van der Waals surface area (Å²) in [4.78, 5) is 5.08. The fraction of sp³-hybridized carbons (Fsp3) is 0.229. The van der Waals surface area contributed by atoms with Crippen LogP contribution in [-0.2, 0) is 0 Å². The van der Waals surface area contributed by atoms with Crippen molar-refractivity contribution in [2.45, 2.75) is 53.3 Å². The fourth-order valence-corrected chi connectivity index (χ4v) is 5.43. The lowest BCUT2D eigenvalue weighted by molar-refractivity contribution is 0.492. The molecule has 1 aromatic heterocycles. The Morgan fingerprint density at radius 3 is 1.95 bits per heavy atom. The highest BCUT2D eigenvalue weighted by atomic mass is 28.4. The highest BCUT2D eigenvalue weighted by Gasteiger charge is 2.39. The fourth-order valence-electron chi connectivity index (χ4n) is 4.40. The van der Waals surface area contributed by atoms with Gasteiger partial charge in [-0.25, -0.2) is 4.98 Å². The molecule has 0 fully saturated rings. The maximum absolute atomic E-state index is 6.65. The summed E-state index contributed by atoms with van der Waals surface area (Å²) in [5.74, 6) is 2.29. The first-order valence-electron chi connectivity index (χ1n) is 13.2. The number of aromatic nitrogens is 1. The molecule has 0 saturated carbocycles. The summed E-state index contributed by atoms with van der Waals surface area (Å²) in [7, 11) is -1.97. The molecule has 0 N–H and O–H groups in total. The van der Waals surface area contributed by atoms with Gasteiger partial charge in [0.15, 0.2) is 5.76 Å². The van der Waals surface area contributed by atoms with Crippen LogP contribution in [0, 0.1) is 6.92 Å². The van der Waals surface area contributed by atoms with Gasteiger partial charge in [0.05, 0.1) is 0 Å². The summed E-state index contributed by atoms with van der Waals surface area (Å²) in [5.41, 5.74) is 7.20. The number of hydrogen-bond acceptors (Lipinski definition) is 3. The lowest BCUT2D eigenvalue weighted by Crippen LogP contribution is -2.43. The minimum Gasteiger partial charge on any atom is -0.543 e. The molecule has 0 saturated heterocycles. The summed E-state index contributed by atoms with van der Waals surface area (Å²) in [6, 6.07) is 35.2. The summed E-state index contributed by atoms with van der Waals surface area (Å²) in [5, 5.41) is 0.122. The van der Waals surface area contributed by atoms with Crippen LogP contribution in [0.1, 0.15) is 33.8 Å². The third kappa shape index (κ3) is 5.76. The topological polar surface area (TPSA) is 35.3 Å². The Kier molecular flexibility index (Phi) is 7.98. The van der Waals surface area contributed by atoms with E-state index < -0.39 is 8.32 Å². The van der Waals surface area contributed by atoms with E-state index in [2.05, 4.69) is 108 Å². The van der Waals surface area contributed by atoms with Crippen molar-refractivity contribution < 1.29 is 8.84 Å². The second-order valence-corrected chi connectivity index (χ2v) is 16.0. The number of rotatable bonds is 6. The summed E-state index contributed by atoms with van der Waals surface area (Å²) in [6.45, 7) is 13.5. The van der Waals surface area contributed by atoms with E-state index in [0.717, 1.165) is 50.6 Å². The molecular formula is C35H39NO2Si. The zero-order valence-electron chi connectivity index (χ0n) is 23.1. The van der Waals surface area contributed by atoms with Crippen molar-refractivity contribution in [3.05, 3.63) is 109 Å². The molecule has 1 heterocycles. The highest BCUT2D eigenvalue weighted by molar-refractivity contribution is 6.74. The van der Waals surface area contributed by atoms with Crippen molar-refractivity contribution in [1.29, 1.82) is 0 Å². The van der Waals surface area contributed by atoms with Crippen LogP contribution in [-0.4, -0.2) is 13.3 Å². The maximum Gasteiger partial charge on any atom is 0.250 e. The molecular weight excluding hydrogens is 494 g/mol. The maximum atomic E-state index is 6.65. The Morgan fingerprint density at radius 2 is 1.31 bits per heavy atom. The van der Waals surface area contributed by atoms with E-state index in [9.17, 15) is 0 Å². The van der Waals surface area contributed by atoms with Gasteiger partial charge in [-0.2, -0.15) is 0 Å².